The van der Waals surface area contributed by atoms with Crippen molar-refractivity contribution in [2.45, 2.75) is 44.3 Å². The Morgan fingerprint density at radius 1 is 1.56 bits per heavy atom. The van der Waals surface area contributed by atoms with Crippen molar-refractivity contribution in [1.82, 2.24) is 0 Å². The fraction of sp³-hybridized carbons (Fsp3) is 0.818. The zero-order valence-electron chi connectivity index (χ0n) is 9.62. The van der Waals surface area contributed by atoms with Gasteiger partial charge in [-0.2, -0.15) is 0 Å². The molecule has 2 fully saturated rings. The molecule has 2 aliphatic rings. The second-order valence-electron chi connectivity index (χ2n) is 5.23. The Bertz CT molecular complexity index is 342. The summed E-state index contributed by atoms with van der Waals surface area (Å²) in [6.07, 6.45) is 1.66. The number of hydrogen-bond acceptors (Lipinski definition) is 4. The zero-order chi connectivity index (χ0) is 12.0. The van der Waals surface area contributed by atoms with Crippen molar-refractivity contribution in [2.75, 3.05) is 6.61 Å². The predicted octanol–water partition coefficient (Wildman–Crippen LogP) is 1.16. The Kier molecular flexibility index (Phi) is 2.70. The van der Waals surface area contributed by atoms with Gasteiger partial charge in [0.2, 0.25) is 0 Å². The van der Waals surface area contributed by atoms with Crippen LogP contribution in [-0.2, 0) is 14.3 Å². The van der Waals surface area contributed by atoms with Gasteiger partial charge in [-0.15, -0.1) is 0 Å². The van der Waals surface area contributed by atoms with E-state index >= 15 is 0 Å². The fourth-order valence-corrected chi connectivity index (χ4v) is 3.09. The quantitative estimate of drug-likeness (QED) is 0.553. The summed E-state index contributed by atoms with van der Waals surface area (Å²) in [5.74, 6) is -0.339. The molecule has 0 aromatic rings. The lowest BCUT2D eigenvalue weighted by Crippen LogP contribution is -2.51. The molecule has 2 saturated heterocycles. The van der Waals surface area contributed by atoms with Crippen LogP contribution in [0.2, 0.25) is 0 Å². The Hall–Kier alpha value is -0.680. The van der Waals surface area contributed by atoms with Crippen LogP contribution in [0.25, 0.3) is 0 Å². The van der Waals surface area contributed by atoms with Gasteiger partial charge in [0.05, 0.1) is 29.5 Å². The van der Waals surface area contributed by atoms with E-state index in [9.17, 15) is 4.79 Å². The first-order valence-corrected chi connectivity index (χ1v) is 5.91. The fourth-order valence-electron chi connectivity index (χ4n) is 2.80. The monoisotopic (exact) mass is 243 g/mol. The maximum Gasteiger partial charge on any atom is 0.307 e. The lowest BCUT2D eigenvalue weighted by atomic mass is 9.75. The van der Waals surface area contributed by atoms with Crippen LogP contribution in [0.15, 0.2) is 0 Å². The number of hydrogen-bond donors (Lipinski definition) is 1. The van der Waals surface area contributed by atoms with Crippen molar-refractivity contribution in [1.29, 1.82) is 0 Å². The van der Waals surface area contributed by atoms with Crippen molar-refractivity contribution in [3.8, 4) is 0 Å². The molecule has 2 rings (SSSR count). The minimum atomic E-state index is -0.523. The smallest absolute Gasteiger partial charge is 0.307 e. The summed E-state index contributed by atoms with van der Waals surface area (Å²) in [5, 5.41) is 0. The summed E-state index contributed by atoms with van der Waals surface area (Å²) in [6, 6.07) is 0. The Morgan fingerprint density at radius 3 is 2.81 bits per heavy atom. The van der Waals surface area contributed by atoms with Crippen molar-refractivity contribution < 1.29 is 14.3 Å². The van der Waals surface area contributed by atoms with Gasteiger partial charge in [0.15, 0.2) is 0 Å². The van der Waals surface area contributed by atoms with Crippen LogP contribution in [0, 0.1) is 5.92 Å². The summed E-state index contributed by atoms with van der Waals surface area (Å²) in [4.78, 5) is 11.8. The van der Waals surface area contributed by atoms with E-state index in [1.165, 1.54) is 0 Å². The molecule has 0 saturated carbocycles. The van der Waals surface area contributed by atoms with Gasteiger partial charge < -0.3 is 15.2 Å². The molecule has 0 amide bonds. The topological polar surface area (TPSA) is 61.5 Å². The van der Waals surface area contributed by atoms with Gasteiger partial charge in [0, 0.05) is 12.8 Å². The highest BCUT2D eigenvalue weighted by molar-refractivity contribution is 7.80. The third-order valence-electron chi connectivity index (χ3n) is 3.41. The molecule has 0 bridgehead atoms. The lowest BCUT2D eigenvalue weighted by molar-refractivity contribution is -0.174. The first kappa shape index (κ1) is 11.8. The summed E-state index contributed by atoms with van der Waals surface area (Å²) in [5.41, 5.74) is 4.90. The zero-order valence-corrected chi connectivity index (χ0v) is 10.4. The molecule has 5 heteroatoms. The Morgan fingerprint density at radius 2 is 2.25 bits per heavy atom. The number of rotatable bonds is 1. The van der Waals surface area contributed by atoms with E-state index in [2.05, 4.69) is 0 Å². The van der Waals surface area contributed by atoms with Crippen LogP contribution >= 0.6 is 12.2 Å². The number of carbonyl (C=O) groups is 1. The molecule has 0 aliphatic carbocycles. The number of nitrogens with two attached hydrogens (primary N) is 1. The molecule has 2 heterocycles. The van der Waals surface area contributed by atoms with Crippen molar-refractivity contribution in [2.24, 2.45) is 11.7 Å². The van der Waals surface area contributed by atoms with Crippen molar-refractivity contribution >= 4 is 23.2 Å². The number of thiocarbonyl (C=S) groups is 1. The van der Waals surface area contributed by atoms with Crippen LogP contribution < -0.4 is 5.73 Å². The highest BCUT2D eigenvalue weighted by Crippen LogP contribution is 2.45. The minimum Gasteiger partial charge on any atom is -0.458 e. The van der Waals surface area contributed by atoms with E-state index in [-0.39, 0.29) is 17.5 Å². The molecule has 4 nitrogen and oxygen atoms in total. The summed E-state index contributed by atoms with van der Waals surface area (Å²) < 4.78 is 11.2. The molecule has 90 valence electrons. The molecule has 2 atom stereocenters. The number of esters is 1. The van der Waals surface area contributed by atoms with Crippen LogP contribution in [0.1, 0.15) is 33.1 Å². The molecule has 2 N–H and O–H groups in total. The van der Waals surface area contributed by atoms with Crippen LogP contribution in [0.5, 0.6) is 0 Å². The van der Waals surface area contributed by atoms with Gasteiger partial charge in [-0.05, 0) is 13.8 Å². The maximum absolute atomic E-state index is 11.5. The molecule has 0 unspecified atom stereocenters. The molecular formula is C11H17NO3S. The minimum absolute atomic E-state index is 0.141. The second kappa shape index (κ2) is 3.67. The molecule has 16 heavy (non-hydrogen) atoms. The molecule has 0 radical (unpaired) electrons. The van der Waals surface area contributed by atoms with Gasteiger partial charge in [-0.1, -0.05) is 12.2 Å². The molecule has 0 aromatic heterocycles. The van der Waals surface area contributed by atoms with Crippen molar-refractivity contribution in [3.05, 3.63) is 0 Å². The van der Waals surface area contributed by atoms with Crippen LogP contribution in [0.4, 0.5) is 0 Å². The predicted molar refractivity (Wildman–Crippen MR) is 63.0 cm³/mol. The lowest BCUT2D eigenvalue weighted by Gasteiger charge is -2.43. The first-order chi connectivity index (χ1) is 7.35. The maximum atomic E-state index is 11.5. The third kappa shape index (κ3) is 1.94. The SMILES string of the molecule is CC1(C)C[C@]2(CCO1)OC(=O)C[C@@H]2C(N)=S. The van der Waals surface area contributed by atoms with E-state index in [4.69, 9.17) is 27.4 Å². The standard InChI is InChI=1S/C11H17NO3S/c1-10(2)6-11(3-4-14-10)7(9(12)16)5-8(13)15-11/h7H,3-6H2,1-2H3,(H2,12,16)/t7-,11+/m1/s1. The highest BCUT2D eigenvalue weighted by Gasteiger charge is 2.54. The van der Waals surface area contributed by atoms with Gasteiger partial charge in [0.25, 0.3) is 0 Å². The van der Waals surface area contributed by atoms with Gasteiger partial charge >= 0.3 is 5.97 Å². The number of ether oxygens (including phenoxy) is 2. The summed E-state index contributed by atoms with van der Waals surface area (Å²) in [7, 11) is 0. The van der Waals surface area contributed by atoms with Gasteiger partial charge in [-0.25, -0.2) is 0 Å². The highest BCUT2D eigenvalue weighted by atomic mass is 32.1. The summed E-state index contributed by atoms with van der Waals surface area (Å²) in [6.45, 7) is 4.58. The Labute approximate surface area is 100 Å². The summed E-state index contributed by atoms with van der Waals surface area (Å²) >= 11 is 5.04. The van der Waals surface area contributed by atoms with E-state index in [1.54, 1.807) is 0 Å². The normalized spacial score (nSPS) is 37.4. The van der Waals surface area contributed by atoms with E-state index in [0.29, 0.717) is 30.9 Å². The largest absolute Gasteiger partial charge is 0.458 e. The Balaban J connectivity index is 2.28. The average molecular weight is 243 g/mol. The first-order valence-electron chi connectivity index (χ1n) is 5.50. The molecular weight excluding hydrogens is 226 g/mol. The van der Waals surface area contributed by atoms with Gasteiger partial charge in [-0.3, -0.25) is 4.79 Å². The van der Waals surface area contributed by atoms with Gasteiger partial charge in [0.1, 0.15) is 5.60 Å². The van der Waals surface area contributed by atoms with E-state index < -0.39 is 5.60 Å². The molecule has 2 aliphatic heterocycles. The molecule has 0 aromatic carbocycles. The van der Waals surface area contributed by atoms with Crippen LogP contribution in [0.3, 0.4) is 0 Å². The van der Waals surface area contributed by atoms with Crippen LogP contribution in [-0.4, -0.2) is 28.8 Å². The number of carbonyl (C=O) groups excluding carboxylic acids is 1. The molecule has 1 spiro atoms. The second-order valence-corrected chi connectivity index (χ2v) is 5.70. The third-order valence-corrected chi connectivity index (χ3v) is 3.69. The van der Waals surface area contributed by atoms with Crippen molar-refractivity contribution in [3.63, 3.8) is 0 Å². The van der Waals surface area contributed by atoms with E-state index in [1.807, 2.05) is 13.8 Å². The average Bonchev–Trinajstić information content (AvgIpc) is 2.40. The van der Waals surface area contributed by atoms with E-state index in [0.717, 1.165) is 0 Å².